The molecule has 0 saturated heterocycles. The third-order valence-electron chi connectivity index (χ3n) is 3.91. The van der Waals surface area contributed by atoms with Gasteiger partial charge in [-0.2, -0.15) is 21.6 Å². The number of methoxy groups -OCH3 is 2. The van der Waals surface area contributed by atoms with Gasteiger partial charge in [-0.05, 0) is 23.6 Å². The number of ether oxygens (including phenoxy) is 2. The van der Waals surface area contributed by atoms with Crippen LogP contribution in [-0.2, 0) is 15.9 Å². The zero-order chi connectivity index (χ0) is 22.8. The highest BCUT2D eigenvalue weighted by molar-refractivity contribution is 7.98. The molecule has 2 aromatic carbocycles. The summed E-state index contributed by atoms with van der Waals surface area (Å²) in [5.41, 5.74) is -4.92. The molecule has 0 atom stereocenters. The summed E-state index contributed by atoms with van der Waals surface area (Å²) >= 11 is 7.50. The maximum absolute atomic E-state index is 12.5. The van der Waals surface area contributed by atoms with Crippen molar-refractivity contribution in [2.75, 3.05) is 14.2 Å². The molecule has 31 heavy (non-hydrogen) atoms. The summed E-state index contributed by atoms with van der Waals surface area (Å²) in [6, 6.07) is 7.50. The monoisotopic (exact) mass is 494 g/mol. The second-order valence-corrected chi connectivity index (χ2v) is 8.88. The second kappa shape index (κ2) is 8.97. The average Bonchev–Trinajstić information content (AvgIpc) is 2.73. The SMILES string of the molecule is COc1ncc(CSc2ccc3c(Cl)c(OS(=O)(=O)C(F)(F)F)ccc3c2)nc1OC. The van der Waals surface area contributed by atoms with E-state index in [2.05, 4.69) is 14.2 Å². The van der Waals surface area contributed by atoms with Crippen LogP contribution >= 0.6 is 23.4 Å². The molecule has 0 fully saturated rings. The smallest absolute Gasteiger partial charge is 0.477 e. The molecule has 0 amide bonds. The number of nitrogens with zero attached hydrogens (tertiary/aromatic N) is 2. The Hall–Kier alpha value is -2.44. The Morgan fingerprint density at radius 2 is 1.81 bits per heavy atom. The van der Waals surface area contributed by atoms with Gasteiger partial charge in [0.2, 0.25) is 0 Å². The van der Waals surface area contributed by atoms with Gasteiger partial charge in [-0.3, -0.25) is 0 Å². The first-order valence-electron chi connectivity index (χ1n) is 8.35. The van der Waals surface area contributed by atoms with E-state index in [1.165, 1.54) is 32.0 Å². The molecule has 0 aliphatic heterocycles. The van der Waals surface area contributed by atoms with Crippen LogP contribution in [0.4, 0.5) is 13.2 Å². The third-order valence-corrected chi connectivity index (χ3v) is 6.29. The van der Waals surface area contributed by atoms with Crippen molar-refractivity contribution in [1.29, 1.82) is 0 Å². The Morgan fingerprint density at radius 3 is 2.45 bits per heavy atom. The van der Waals surface area contributed by atoms with E-state index in [0.29, 0.717) is 22.2 Å². The van der Waals surface area contributed by atoms with E-state index in [1.54, 1.807) is 24.4 Å². The van der Waals surface area contributed by atoms with Gasteiger partial charge in [-0.1, -0.05) is 23.7 Å². The number of benzene rings is 2. The maximum atomic E-state index is 12.5. The van der Waals surface area contributed by atoms with Gasteiger partial charge in [0.1, 0.15) is 0 Å². The summed E-state index contributed by atoms with van der Waals surface area (Å²) in [5, 5.41) is 0.685. The number of halogens is 4. The summed E-state index contributed by atoms with van der Waals surface area (Å²) < 4.78 is 74.4. The molecule has 0 radical (unpaired) electrons. The zero-order valence-electron chi connectivity index (χ0n) is 15.9. The van der Waals surface area contributed by atoms with Gasteiger partial charge in [0.25, 0.3) is 11.8 Å². The predicted molar refractivity (Wildman–Crippen MR) is 109 cm³/mol. The van der Waals surface area contributed by atoms with Gasteiger partial charge < -0.3 is 13.7 Å². The Balaban J connectivity index is 1.81. The van der Waals surface area contributed by atoms with Crippen molar-refractivity contribution in [3.63, 3.8) is 0 Å². The van der Waals surface area contributed by atoms with Crippen LogP contribution in [0.5, 0.6) is 17.5 Å². The summed E-state index contributed by atoms with van der Waals surface area (Å²) in [6.07, 6.45) is 1.55. The predicted octanol–water partition coefficient (Wildman–Crippen LogP) is 4.82. The number of fused-ring (bicyclic) bond motifs is 1. The number of hydrogen-bond donors (Lipinski definition) is 0. The first kappa shape index (κ1) is 23.2. The molecule has 166 valence electrons. The summed E-state index contributed by atoms with van der Waals surface area (Å²) in [4.78, 5) is 9.23. The largest absolute Gasteiger partial charge is 0.534 e. The Labute approximate surface area is 184 Å². The lowest BCUT2D eigenvalue weighted by atomic mass is 10.1. The van der Waals surface area contributed by atoms with Crippen molar-refractivity contribution in [1.82, 2.24) is 9.97 Å². The highest BCUT2D eigenvalue weighted by Crippen LogP contribution is 2.38. The quantitative estimate of drug-likeness (QED) is 0.262. The van der Waals surface area contributed by atoms with Crippen molar-refractivity contribution in [2.24, 2.45) is 0 Å². The molecule has 0 bridgehead atoms. The molecular weight excluding hydrogens is 481 g/mol. The number of hydrogen-bond acceptors (Lipinski definition) is 8. The Kier molecular flexibility index (Phi) is 6.72. The Bertz CT molecular complexity index is 1220. The van der Waals surface area contributed by atoms with Crippen LogP contribution in [0.1, 0.15) is 5.69 Å². The van der Waals surface area contributed by atoms with Crippen LogP contribution in [0, 0.1) is 0 Å². The van der Waals surface area contributed by atoms with Gasteiger partial charge in [-0.15, -0.1) is 11.8 Å². The summed E-state index contributed by atoms with van der Waals surface area (Å²) in [7, 11) is -2.91. The number of aromatic nitrogens is 2. The standard InChI is InChI=1S/C18H14ClF3N2O5S2/c1-27-16-17(28-2)24-11(8-23-16)9-30-12-4-5-13-10(7-12)3-6-14(15(13)19)29-31(25,26)18(20,21)22/h3-8H,9H2,1-2H3. The molecular formula is C18H14ClF3N2O5S2. The number of rotatable bonds is 7. The normalized spacial score (nSPS) is 12.1. The van der Waals surface area contributed by atoms with Crippen LogP contribution in [0.3, 0.4) is 0 Å². The van der Waals surface area contributed by atoms with Gasteiger partial charge in [0, 0.05) is 16.0 Å². The molecule has 0 aliphatic rings. The molecule has 1 aromatic heterocycles. The number of thioether (sulfide) groups is 1. The van der Waals surface area contributed by atoms with Crippen molar-refractivity contribution >= 4 is 44.3 Å². The minimum atomic E-state index is -5.82. The van der Waals surface area contributed by atoms with Crippen LogP contribution in [0.25, 0.3) is 10.8 Å². The number of alkyl halides is 3. The van der Waals surface area contributed by atoms with E-state index in [9.17, 15) is 21.6 Å². The Morgan fingerprint density at radius 1 is 1.10 bits per heavy atom. The molecule has 0 aliphatic carbocycles. The molecule has 0 saturated carbocycles. The lowest BCUT2D eigenvalue weighted by molar-refractivity contribution is -0.0500. The van der Waals surface area contributed by atoms with E-state index in [-0.39, 0.29) is 16.8 Å². The molecule has 1 heterocycles. The average molecular weight is 495 g/mol. The molecule has 7 nitrogen and oxygen atoms in total. The van der Waals surface area contributed by atoms with E-state index >= 15 is 0 Å². The lowest BCUT2D eigenvalue weighted by Crippen LogP contribution is -2.28. The fourth-order valence-electron chi connectivity index (χ4n) is 2.46. The van der Waals surface area contributed by atoms with Gasteiger partial charge in [0.15, 0.2) is 5.75 Å². The van der Waals surface area contributed by atoms with E-state index < -0.39 is 21.4 Å². The molecule has 3 aromatic rings. The van der Waals surface area contributed by atoms with Crippen LogP contribution in [-0.4, -0.2) is 38.1 Å². The first-order chi connectivity index (χ1) is 14.6. The van der Waals surface area contributed by atoms with Gasteiger partial charge in [0.05, 0.1) is 31.1 Å². The second-order valence-electron chi connectivity index (χ2n) is 5.91. The van der Waals surface area contributed by atoms with Crippen LogP contribution < -0.4 is 13.7 Å². The molecule has 0 spiro atoms. The van der Waals surface area contributed by atoms with Crippen molar-refractivity contribution in [3.8, 4) is 17.5 Å². The first-order valence-corrected chi connectivity index (χ1v) is 11.1. The lowest BCUT2D eigenvalue weighted by Gasteiger charge is -2.12. The van der Waals surface area contributed by atoms with Gasteiger partial charge in [-0.25, -0.2) is 9.97 Å². The highest BCUT2D eigenvalue weighted by atomic mass is 35.5. The topological polar surface area (TPSA) is 87.6 Å². The zero-order valence-corrected chi connectivity index (χ0v) is 18.3. The van der Waals surface area contributed by atoms with Gasteiger partial charge >= 0.3 is 15.6 Å². The molecule has 3 rings (SSSR count). The van der Waals surface area contributed by atoms with Crippen LogP contribution in [0.15, 0.2) is 41.4 Å². The fraction of sp³-hybridized carbons (Fsp3) is 0.222. The summed E-state index contributed by atoms with van der Waals surface area (Å²) in [5.74, 6) is 0.374. The minimum Gasteiger partial charge on any atom is -0.477 e. The fourth-order valence-corrected chi connectivity index (χ4v) is 4.08. The minimum absolute atomic E-state index is 0.243. The maximum Gasteiger partial charge on any atom is 0.534 e. The van der Waals surface area contributed by atoms with E-state index in [4.69, 9.17) is 21.1 Å². The molecule has 13 heteroatoms. The third kappa shape index (κ3) is 5.08. The van der Waals surface area contributed by atoms with E-state index in [0.717, 1.165) is 11.0 Å². The van der Waals surface area contributed by atoms with Crippen molar-refractivity contribution in [2.45, 2.75) is 16.2 Å². The highest BCUT2D eigenvalue weighted by Gasteiger charge is 2.48. The van der Waals surface area contributed by atoms with Crippen molar-refractivity contribution in [3.05, 3.63) is 47.2 Å². The van der Waals surface area contributed by atoms with Crippen LogP contribution in [0.2, 0.25) is 5.02 Å². The summed E-state index contributed by atoms with van der Waals surface area (Å²) in [6.45, 7) is 0. The van der Waals surface area contributed by atoms with Crippen molar-refractivity contribution < 1.29 is 35.2 Å². The molecule has 0 N–H and O–H groups in total. The molecule has 0 unspecified atom stereocenters. The van der Waals surface area contributed by atoms with E-state index in [1.807, 2.05) is 0 Å².